The number of thiophene rings is 1. The standard InChI is InChI=1S/C20H18FNO3S/c1-13(14-6-3-2-4-7-14)11-22-19(23)12-25-20(24)18-10-15-16(21)8-5-9-17(15)26-18/h2-10,13H,11-12H2,1H3,(H,22,23)/t13-/m0/s1. The lowest BCUT2D eigenvalue weighted by Gasteiger charge is -2.13. The van der Waals surface area contributed by atoms with E-state index in [4.69, 9.17) is 4.74 Å². The third-order valence-corrected chi connectivity index (χ3v) is 5.10. The number of carbonyl (C=O) groups is 2. The SMILES string of the molecule is C[C@@H](CNC(=O)COC(=O)c1cc2c(F)cccc2s1)c1ccccc1. The number of ether oxygens (including phenoxy) is 1. The van der Waals surface area contributed by atoms with E-state index in [-0.39, 0.29) is 29.1 Å². The molecule has 6 heteroatoms. The van der Waals surface area contributed by atoms with Crippen molar-refractivity contribution < 1.29 is 18.7 Å². The Morgan fingerprint density at radius 2 is 1.92 bits per heavy atom. The Labute approximate surface area is 154 Å². The number of rotatable bonds is 6. The summed E-state index contributed by atoms with van der Waals surface area (Å²) in [5.41, 5.74) is 1.12. The van der Waals surface area contributed by atoms with E-state index in [0.717, 1.165) is 16.9 Å². The van der Waals surface area contributed by atoms with Gasteiger partial charge in [-0.25, -0.2) is 9.18 Å². The number of halogens is 1. The highest BCUT2D eigenvalue weighted by Crippen LogP contribution is 2.28. The maximum atomic E-state index is 13.7. The van der Waals surface area contributed by atoms with Gasteiger partial charge in [-0.3, -0.25) is 4.79 Å². The predicted molar refractivity (Wildman–Crippen MR) is 99.9 cm³/mol. The number of fused-ring (bicyclic) bond motifs is 1. The fourth-order valence-corrected chi connectivity index (χ4v) is 3.51. The van der Waals surface area contributed by atoms with Crippen molar-refractivity contribution in [1.29, 1.82) is 0 Å². The zero-order chi connectivity index (χ0) is 18.5. The molecule has 3 aromatic rings. The summed E-state index contributed by atoms with van der Waals surface area (Å²) in [5.74, 6) is -1.22. The Bertz CT molecular complexity index is 923. The van der Waals surface area contributed by atoms with Gasteiger partial charge < -0.3 is 10.1 Å². The molecule has 4 nitrogen and oxygen atoms in total. The summed E-state index contributed by atoms with van der Waals surface area (Å²) in [6.07, 6.45) is 0. The van der Waals surface area contributed by atoms with Crippen LogP contribution < -0.4 is 5.32 Å². The number of nitrogens with one attached hydrogen (secondary N) is 1. The lowest BCUT2D eigenvalue weighted by molar-refractivity contribution is -0.124. The largest absolute Gasteiger partial charge is 0.451 e. The van der Waals surface area contributed by atoms with Crippen LogP contribution in [0.15, 0.2) is 54.6 Å². The minimum absolute atomic E-state index is 0.154. The van der Waals surface area contributed by atoms with Gasteiger partial charge in [0.15, 0.2) is 6.61 Å². The average molecular weight is 371 g/mol. The van der Waals surface area contributed by atoms with Gasteiger partial charge in [-0.15, -0.1) is 11.3 Å². The molecule has 0 bridgehead atoms. The van der Waals surface area contributed by atoms with Crippen LogP contribution in [0.3, 0.4) is 0 Å². The van der Waals surface area contributed by atoms with E-state index < -0.39 is 5.97 Å². The topological polar surface area (TPSA) is 55.4 Å². The maximum Gasteiger partial charge on any atom is 0.348 e. The molecule has 134 valence electrons. The molecule has 0 saturated heterocycles. The normalized spacial score (nSPS) is 11.9. The molecule has 0 fully saturated rings. The van der Waals surface area contributed by atoms with Crippen molar-refractivity contribution in [2.45, 2.75) is 12.8 Å². The summed E-state index contributed by atoms with van der Waals surface area (Å²) in [7, 11) is 0. The zero-order valence-electron chi connectivity index (χ0n) is 14.2. The lowest BCUT2D eigenvalue weighted by Crippen LogP contribution is -2.31. The van der Waals surface area contributed by atoms with Gasteiger partial charge in [-0.05, 0) is 29.7 Å². The number of hydrogen-bond donors (Lipinski definition) is 1. The minimum atomic E-state index is -0.628. The highest BCUT2D eigenvalue weighted by atomic mass is 32.1. The smallest absolute Gasteiger partial charge is 0.348 e. The third kappa shape index (κ3) is 4.26. The van der Waals surface area contributed by atoms with E-state index in [1.54, 1.807) is 12.1 Å². The first-order chi connectivity index (χ1) is 12.5. The molecule has 1 N–H and O–H groups in total. The Balaban J connectivity index is 1.50. The van der Waals surface area contributed by atoms with Crippen molar-refractivity contribution in [2.75, 3.05) is 13.2 Å². The second-order valence-corrected chi connectivity index (χ2v) is 7.04. The maximum absolute atomic E-state index is 13.7. The van der Waals surface area contributed by atoms with Gasteiger partial charge in [0, 0.05) is 16.6 Å². The van der Waals surface area contributed by atoms with Crippen LogP contribution >= 0.6 is 11.3 Å². The molecule has 1 aromatic heterocycles. The van der Waals surface area contributed by atoms with Crippen molar-refractivity contribution in [3.63, 3.8) is 0 Å². The molecular formula is C20H18FNO3S. The molecule has 0 radical (unpaired) electrons. The van der Waals surface area contributed by atoms with Crippen LogP contribution in [0.5, 0.6) is 0 Å². The van der Waals surface area contributed by atoms with E-state index >= 15 is 0 Å². The van der Waals surface area contributed by atoms with Gasteiger partial charge in [-0.2, -0.15) is 0 Å². The van der Waals surface area contributed by atoms with Crippen LogP contribution in [0.25, 0.3) is 10.1 Å². The molecule has 0 aliphatic heterocycles. The summed E-state index contributed by atoms with van der Waals surface area (Å²) in [4.78, 5) is 24.2. The summed E-state index contributed by atoms with van der Waals surface area (Å²) in [6.45, 7) is 2.10. The van der Waals surface area contributed by atoms with E-state index in [9.17, 15) is 14.0 Å². The molecule has 26 heavy (non-hydrogen) atoms. The van der Waals surface area contributed by atoms with Crippen LogP contribution in [0.4, 0.5) is 4.39 Å². The third-order valence-electron chi connectivity index (χ3n) is 4.02. The van der Waals surface area contributed by atoms with Crippen molar-refractivity contribution in [3.8, 4) is 0 Å². The Kier molecular flexibility index (Phi) is 5.63. The first kappa shape index (κ1) is 18.1. The van der Waals surface area contributed by atoms with E-state index in [1.165, 1.54) is 12.1 Å². The fraction of sp³-hybridized carbons (Fsp3) is 0.200. The van der Waals surface area contributed by atoms with Gasteiger partial charge in [0.05, 0.1) is 0 Å². The average Bonchev–Trinajstić information content (AvgIpc) is 3.10. The first-order valence-electron chi connectivity index (χ1n) is 8.21. The quantitative estimate of drug-likeness (QED) is 0.663. The lowest BCUT2D eigenvalue weighted by atomic mass is 10.0. The number of esters is 1. The van der Waals surface area contributed by atoms with Gasteiger partial charge in [0.25, 0.3) is 5.91 Å². The molecule has 1 heterocycles. The number of amides is 1. The number of carbonyl (C=O) groups excluding carboxylic acids is 2. The van der Waals surface area contributed by atoms with Gasteiger partial charge in [-0.1, -0.05) is 43.3 Å². The summed E-state index contributed by atoms with van der Waals surface area (Å²) in [5, 5.41) is 3.13. The van der Waals surface area contributed by atoms with Gasteiger partial charge in [0.1, 0.15) is 10.7 Å². The molecule has 2 aromatic carbocycles. The van der Waals surface area contributed by atoms with Crippen LogP contribution in [0.1, 0.15) is 28.1 Å². The molecule has 0 spiro atoms. The Morgan fingerprint density at radius 3 is 2.65 bits per heavy atom. The van der Waals surface area contributed by atoms with E-state index in [2.05, 4.69) is 5.32 Å². The molecule has 0 aliphatic rings. The molecule has 3 rings (SSSR count). The second-order valence-electron chi connectivity index (χ2n) is 5.95. The number of benzene rings is 2. The van der Waals surface area contributed by atoms with Crippen LogP contribution in [0.2, 0.25) is 0 Å². The predicted octanol–water partition coefficient (Wildman–Crippen LogP) is 4.12. The number of hydrogen-bond acceptors (Lipinski definition) is 4. The van der Waals surface area contributed by atoms with E-state index in [1.807, 2.05) is 37.3 Å². The molecule has 0 unspecified atom stereocenters. The Hall–Kier alpha value is -2.73. The van der Waals surface area contributed by atoms with Gasteiger partial charge >= 0.3 is 5.97 Å². The van der Waals surface area contributed by atoms with Crippen molar-refractivity contribution in [2.24, 2.45) is 0 Å². The van der Waals surface area contributed by atoms with Crippen molar-refractivity contribution >= 4 is 33.3 Å². The van der Waals surface area contributed by atoms with Crippen molar-refractivity contribution in [1.82, 2.24) is 5.32 Å². The Morgan fingerprint density at radius 1 is 1.15 bits per heavy atom. The van der Waals surface area contributed by atoms with Crippen molar-refractivity contribution in [3.05, 3.63) is 70.9 Å². The first-order valence-corrected chi connectivity index (χ1v) is 9.03. The molecule has 1 atom stereocenters. The molecular weight excluding hydrogens is 353 g/mol. The highest BCUT2D eigenvalue weighted by Gasteiger charge is 2.15. The van der Waals surface area contributed by atoms with Crippen LogP contribution in [-0.2, 0) is 9.53 Å². The summed E-state index contributed by atoms with van der Waals surface area (Å²) in [6, 6.07) is 15.9. The second kappa shape index (κ2) is 8.10. The van der Waals surface area contributed by atoms with Crippen LogP contribution in [-0.4, -0.2) is 25.0 Å². The molecule has 0 saturated carbocycles. The van der Waals surface area contributed by atoms with E-state index in [0.29, 0.717) is 16.6 Å². The monoisotopic (exact) mass is 371 g/mol. The fourth-order valence-electron chi connectivity index (χ4n) is 2.55. The van der Waals surface area contributed by atoms with Crippen LogP contribution in [0, 0.1) is 5.82 Å². The summed E-state index contributed by atoms with van der Waals surface area (Å²) >= 11 is 1.14. The minimum Gasteiger partial charge on any atom is -0.451 e. The summed E-state index contributed by atoms with van der Waals surface area (Å²) < 4.78 is 19.4. The molecule has 0 aliphatic carbocycles. The molecule has 1 amide bonds. The highest BCUT2D eigenvalue weighted by molar-refractivity contribution is 7.20. The van der Waals surface area contributed by atoms with Gasteiger partial charge in [0.2, 0.25) is 0 Å². The zero-order valence-corrected chi connectivity index (χ0v) is 15.0.